The van der Waals surface area contributed by atoms with Crippen LogP contribution in [0, 0.1) is 0 Å². The van der Waals surface area contributed by atoms with Crippen molar-refractivity contribution >= 4 is 51.5 Å². The Morgan fingerprint density at radius 3 is 2.83 bits per heavy atom. The minimum Gasteiger partial charge on any atom is -0.356 e. The molecule has 2 N–H and O–H groups in total. The Morgan fingerprint density at radius 1 is 1.30 bits per heavy atom. The van der Waals surface area contributed by atoms with E-state index in [1.165, 1.54) is 18.3 Å². The Hall–Kier alpha value is -1.63. The van der Waals surface area contributed by atoms with Crippen molar-refractivity contribution in [2.24, 2.45) is 0 Å². The fraction of sp³-hybridized carbons (Fsp3) is 0.267. The molecule has 0 saturated heterocycles. The van der Waals surface area contributed by atoms with Gasteiger partial charge in [-0.25, -0.2) is 4.98 Å². The van der Waals surface area contributed by atoms with Crippen LogP contribution in [-0.2, 0) is 16.0 Å². The zero-order chi connectivity index (χ0) is 16.8. The van der Waals surface area contributed by atoms with Gasteiger partial charge in [0.15, 0.2) is 5.13 Å². The van der Waals surface area contributed by atoms with Gasteiger partial charge in [0.1, 0.15) is 0 Å². The van der Waals surface area contributed by atoms with Crippen molar-refractivity contribution in [3.8, 4) is 0 Å². The van der Waals surface area contributed by atoms with Crippen LogP contribution in [0.1, 0.15) is 23.8 Å². The zero-order valence-electron chi connectivity index (χ0n) is 12.4. The Balaban J connectivity index is 1.91. The molecule has 0 aliphatic carbocycles. The predicted octanol–water partition coefficient (Wildman–Crippen LogP) is 3.51. The summed E-state index contributed by atoms with van der Waals surface area (Å²) in [5.41, 5.74) is 0.909. The highest BCUT2D eigenvalue weighted by Gasteiger charge is 2.10. The molecular weight excluding hydrogens is 357 g/mol. The van der Waals surface area contributed by atoms with Gasteiger partial charge in [-0.2, -0.15) is 0 Å². The molecule has 1 aromatic carbocycles. The van der Waals surface area contributed by atoms with Crippen LogP contribution >= 0.6 is 34.5 Å². The fourth-order valence-electron chi connectivity index (χ4n) is 1.85. The first-order valence-electron chi connectivity index (χ1n) is 6.87. The van der Waals surface area contributed by atoms with E-state index in [2.05, 4.69) is 15.6 Å². The number of amides is 2. The van der Waals surface area contributed by atoms with Crippen molar-refractivity contribution in [3.63, 3.8) is 0 Å². The molecule has 2 aromatic rings. The Bertz CT molecular complexity index is 718. The minimum absolute atomic E-state index is 0.160. The molecule has 1 heterocycles. The molecule has 122 valence electrons. The summed E-state index contributed by atoms with van der Waals surface area (Å²) in [6.07, 6.45) is 2.50. The third-order valence-electron chi connectivity index (χ3n) is 2.92. The standard InChI is InChI=1S/C15H15Cl2N3O2S/c1-9(21)18-6-5-13(22)20-15-19-8-11(23-15)7-10-3-2-4-12(16)14(10)17/h2-4,8H,5-7H2,1H3,(H,18,21)(H,19,20,22). The van der Waals surface area contributed by atoms with Crippen LogP contribution in [0.4, 0.5) is 5.13 Å². The summed E-state index contributed by atoms with van der Waals surface area (Å²) in [5, 5.41) is 6.84. The summed E-state index contributed by atoms with van der Waals surface area (Å²) in [4.78, 5) is 27.6. The summed E-state index contributed by atoms with van der Waals surface area (Å²) in [6, 6.07) is 5.48. The second-order valence-electron chi connectivity index (χ2n) is 4.80. The van der Waals surface area contributed by atoms with Crippen LogP contribution in [0.25, 0.3) is 0 Å². The van der Waals surface area contributed by atoms with Gasteiger partial charge >= 0.3 is 0 Å². The highest BCUT2D eigenvalue weighted by Crippen LogP contribution is 2.29. The Kier molecular flexibility index (Phi) is 6.38. The first-order chi connectivity index (χ1) is 11.0. The lowest BCUT2D eigenvalue weighted by Gasteiger charge is -2.03. The molecule has 2 rings (SSSR count). The maximum absolute atomic E-state index is 11.7. The molecule has 0 bridgehead atoms. The number of benzene rings is 1. The van der Waals surface area contributed by atoms with Crippen molar-refractivity contribution in [3.05, 3.63) is 44.9 Å². The van der Waals surface area contributed by atoms with Gasteiger partial charge < -0.3 is 10.6 Å². The van der Waals surface area contributed by atoms with Crippen LogP contribution in [0.2, 0.25) is 10.0 Å². The molecule has 0 spiro atoms. The van der Waals surface area contributed by atoms with E-state index in [-0.39, 0.29) is 18.2 Å². The number of halogens is 2. The molecule has 0 saturated carbocycles. The first-order valence-corrected chi connectivity index (χ1v) is 8.45. The molecule has 1 aromatic heterocycles. The molecule has 0 aliphatic rings. The zero-order valence-corrected chi connectivity index (χ0v) is 14.7. The molecular formula is C15H15Cl2N3O2S. The normalized spacial score (nSPS) is 10.4. The van der Waals surface area contributed by atoms with Crippen LogP contribution < -0.4 is 10.6 Å². The first kappa shape index (κ1) is 17.7. The lowest BCUT2D eigenvalue weighted by molar-refractivity contribution is -0.119. The van der Waals surface area contributed by atoms with Crippen LogP contribution in [0.5, 0.6) is 0 Å². The molecule has 0 fully saturated rings. The lowest BCUT2D eigenvalue weighted by Crippen LogP contribution is -2.25. The summed E-state index contributed by atoms with van der Waals surface area (Å²) in [5.74, 6) is -0.354. The van der Waals surface area contributed by atoms with Gasteiger partial charge in [0.2, 0.25) is 11.8 Å². The Morgan fingerprint density at radius 2 is 2.09 bits per heavy atom. The van der Waals surface area contributed by atoms with E-state index in [1.54, 1.807) is 12.3 Å². The topological polar surface area (TPSA) is 71.1 Å². The number of hydrogen-bond donors (Lipinski definition) is 2. The van der Waals surface area contributed by atoms with Gasteiger partial charge in [-0.05, 0) is 11.6 Å². The molecule has 5 nitrogen and oxygen atoms in total. The number of anilines is 1. The second-order valence-corrected chi connectivity index (χ2v) is 6.70. The van der Waals surface area contributed by atoms with E-state index >= 15 is 0 Å². The molecule has 8 heteroatoms. The highest BCUT2D eigenvalue weighted by atomic mass is 35.5. The quantitative estimate of drug-likeness (QED) is 0.815. The summed E-state index contributed by atoms with van der Waals surface area (Å²) >= 11 is 13.5. The Labute approximate surface area is 148 Å². The number of nitrogens with one attached hydrogen (secondary N) is 2. The van der Waals surface area contributed by atoms with Gasteiger partial charge in [0.25, 0.3) is 0 Å². The highest BCUT2D eigenvalue weighted by molar-refractivity contribution is 7.15. The van der Waals surface area contributed by atoms with Gasteiger partial charge in [-0.1, -0.05) is 35.3 Å². The number of nitrogens with zero attached hydrogens (tertiary/aromatic N) is 1. The van der Waals surface area contributed by atoms with E-state index in [0.717, 1.165) is 10.4 Å². The largest absolute Gasteiger partial charge is 0.356 e. The van der Waals surface area contributed by atoms with Gasteiger partial charge in [-0.15, -0.1) is 11.3 Å². The summed E-state index contributed by atoms with van der Waals surface area (Å²) in [6.45, 7) is 1.71. The van der Waals surface area contributed by atoms with E-state index in [4.69, 9.17) is 23.2 Å². The average Bonchev–Trinajstić information content (AvgIpc) is 2.90. The van der Waals surface area contributed by atoms with Gasteiger partial charge in [-0.3, -0.25) is 9.59 Å². The van der Waals surface area contributed by atoms with Crippen LogP contribution in [0.3, 0.4) is 0 Å². The smallest absolute Gasteiger partial charge is 0.227 e. The predicted molar refractivity (Wildman–Crippen MR) is 93.3 cm³/mol. The minimum atomic E-state index is -0.194. The second kappa shape index (κ2) is 8.29. The maximum Gasteiger partial charge on any atom is 0.227 e. The molecule has 2 amide bonds. The van der Waals surface area contributed by atoms with Crippen LogP contribution in [0.15, 0.2) is 24.4 Å². The SMILES string of the molecule is CC(=O)NCCC(=O)Nc1ncc(Cc2cccc(Cl)c2Cl)s1. The summed E-state index contributed by atoms with van der Waals surface area (Å²) < 4.78 is 0. The molecule has 0 atom stereocenters. The number of carbonyl (C=O) groups is 2. The van der Waals surface area contributed by atoms with Gasteiger partial charge in [0.05, 0.1) is 10.0 Å². The number of carbonyl (C=O) groups excluding carboxylic acids is 2. The third kappa shape index (κ3) is 5.49. The third-order valence-corrected chi connectivity index (χ3v) is 4.69. The molecule has 0 aliphatic heterocycles. The van der Waals surface area contributed by atoms with Crippen LogP contribution in [-0.4, -0.2) is 23.3 Å². The van der Waals surface area contributed by atoms with Crippen molar-refractivity contribution in [1.29, 1.82) is 0 Å². The molecule has 0 radical (unpaired) electrons. The maximum atomic E-state index is 11.7. The molecule has 0 unspecified atom stereocenters. The van der Waals surface area contributed by atoms with E-state index < -0.39 is 0 Å². The number of hydrogen-bond acceptors (Lipinski definition) is 4. The fourth-order valence-corrected chi connectivity index (χ4v) is 3.09. The number of thiazole rings is 1. The van der Waals surface area contributed by atoms with E-state index in [0.29, 0.717) is 28.1 Å². The van der Waals surface area contributed by atoms with Crippen molar-refractivity contribution in [1.82, 2.24) is 10.3 Å². The van der Waals surface area contributed by atoms with Crippen molar-refractivity contribution < 1.29 is 9.59 Å². The van der Waals surface area contributed by atoms with Crippen molar-refractivity contribution in [2.45, 2.75) is 19.8 Å². The lowest BCUT2D eigenvalue weighted by atomic mass is 10.1. The monoisotopic (exact) mass is 371 g/mol. The average molecular weight is 372 g/mol. The molecule has 23 heavy (non-hydrogen) atoms. The number of rotatable bonds is 6. The van der Waals surface area contributed by atoms with E-state index in [9.17, 15) is 9.59 Å². The van der Waals surface area contributed by atoms with E-state index in [1.807, 2.05) is 12.1 Å². The summed E-state index contributed by atoms with van der Waals surface area (Å²) in [7, 11) is 0. The van der Waals surface area contributed by atoms with Gasteiger partial charge in [0, 0.05) is 37.4 Å². The van der Waals surface area contributed by atoms with Crippen molar-refractivity contribution in [2.75, 3.05) is 11.9 Å². The number of aromatic nitrogens is 1.